The van der Waals surface area contributed by atoms with Gasteiger partial charge in [0.1, 0.15) is 5.82 Å². The highest BCUT2D eigenvalue weighted by Crippen LogP contribution is 2.19. The van der Waals surface area contributed by atoms with Crippen molar-refractivity contribution in [2.75, 3.05) is 0 Å². The van der Waals surface area contributed by atoms with Crippen molar-refractivity contribution in [2.24, 2.45) is 0 Å². The maximum absolute atomic E-state index is 14.4. The van der Waals surface area contributed by atoms with Crippen LogP contribution in [0.15, 0.2) is 61.2 Å². The number of rotatable bonds is 6. The molecule has 1 amide bonds. The first kappa shape index (κ1) is 19.9. The molecule has 0 fully saturated rings. The highest BCUT2D eigenvalue weighted by atomic mass is 19.1. The van der Waals surface area contributed by atoms with Crippen molar-refractivity contribution in [3.8, 4) is 11.4 Å². The summed E-state index contributed by atoms with van der Waals surface area (Å²) in [6.07, 6.45) is 4.68. The number of benzene rings is 2. The van der Waals surface area contributed by atoms with Crippen molar-refractivity contribution in [2.45, 2.75) is 13.5 Å². The van der Waals surface area contributed by atoms with Crippen LogP contribution in [0.4, 0.5) is 10.1 Å². The van der Waals surface area contributed by atoms with Crippen molar-refractivity contribution in [3.05, 3.63) is 94.1 Å². The SMILES string of the molecule is Cc1c(C(=O)NCc2ccc(-n3ccnc3)c(F)c2)nnn1-c1cccc([N+](=O)[O-])c1. The number of nitro groups is 1. The molecule has 0 saturated heterocycles. The first-order chi connectivity index (χ1) is 14.9. The second-order valence-corrected chi connectivity index (χ2v) is 6.65. The fourth-order valence-corrected chi connectivity index (χ4v) is 3.06. The Kier molecular flexibility index (Phi) is 5.22. The molecule has 0 atom stereocenters. The molecule has 0 spiro atoms. The highest BCUT2D eigenvalue weighted by molar-refractivity contribution is 5.93. The number of amides is 1. The van der Waals surface area contributed by atoms with Crippen LogP contribution < -0.4 is 5.32 Å². The van der Waals surface area contributed by atoms with Gasteiger partial charge in [-0.25, -0.2) is 14.1 Å². The van der Waals surface area contributed by atoms with Crippen molar-refractivity contribution >= 4 is 11.6 Å². The maximum atomic E-state index is 14.4. The average Bonchev–Trinajstić information content (AvgIpc) is 3.42. The zero-order chi connectivity index (χ0) is 22.0. The number of hydrogen-bond acceptors (Lipinski definition) is 6. The first-order valence-corrected chi connectivity index (χ1v) is 9.16. The van der Waals surface area contributed by atoms with Gasteiger partial charge in [-0.2, -0.15) is 0 Å². The summed E-state index contributed by atoms with van der Waals surface area (Å²) in [6.45, 7) is 1.72. The van der Waals surface area contributed by atoms with E-state index < -0.39 is 16.6 Å². The fourth-order valence-electron chi connectivity index (χ4n) is 3.06. The number of nitrogens with zero attached hydrogens (tertiary/aromatic N) is 6. The van der Waals surface area contributed by atoms with Gasteiger partial charge in [-0.05, 0) is 30.7 Å². The van der Waals surface area contributed by atoms with E-state index in [0.717, 1.165) is 0 Å². The zero-order valence-corrected chi connectivity index (χ0v) is 16.3. The molecule has 0 aliphatic heterocycles. The standard InChI is InChI=1S/C20H16FN7O3/c1-13-19(24-25-27(13)15-3-2-4-16(10-15)28(30)31)20(29)23-11-14-5-6-18(17(21)9-14)26-8-7-22-12-26/h2-10,12H,11H2,1H3,(H,23,29). The number of nitrogens with one attached hydrogen (secondary N) is 1. The van der Waals surface area contributed by atoms with Crippen molar-refractivity contribution in [1.29, 1.82) is 0 Å². The molecule has 156 valence electrons. The largest absolute Gasteiger partial charge is 0.347 e. The summed E-state index contributed by atoms with van der Waals surface area (Å²) in [5, 5.41) is 21.5. The van der Waals surface area contributed by atoms with Crippen LogP contribution in [0.25, 0.3) is 11.4 Å². The van der Waals surface area contributed by atoms with Crippen LogP contribution >= 0.6 is 0 Å². The minimum atomic E-state index is -0.513. The maximum Gasteiger partial charge on any atom is 0.274 e. The minimum absolute atomic E-state index is 0.0713. The van der Waals surface area contributed by atoms with Crippen LogP contribution in [0.2, 0.25) is 0 Å². The van der Waals surface area contributed by atoms with Gasteiger partial charge in [-0.15, -0.1) is 5.10 Å². The quantitative estimate of drug-likeness (QED) is 0.377. The smallest absolute Gasteiger partial charge is 0.274 e. The third kappa shape index (κ3) is 4.01. The summed E-state index contributed by atoms with van der Waals surface area (Å²) in [5.74, 6) is -0.939. The number of imidazole rings is 1. The van der Waals surface area contributed by atoms with E-state index in [2.05, 4.69) is 20.6 Å². The molecule has 0 saturated carbocycles. The molecule has 4 rings (SSSR count). The van der Waals surface area contributed by atoms with E-state index in [4.69, 9.17) is 0 Å². The Morgan fingerprint density at radius 3 is 2.81 bits per heavy atom. The van der Waals surface area contributed by atoms with Gasteiger partial charge < -0.3 is 9.88 Å². The van der Waals surface area contributed by atoms with Gasteiger partial charge in [-0.3, -0.25) is 14.9 Å². The summed E-state index contributed by atoms with van der Waals surface area (Å²) in [6, 6.07) is 10.5. The van der Waals surface area contributed by atoms with Gasteiger partial charge in [-0.1, -0.05) is 17.3 Å². The molecule has 0 bridgehead atoms. The zero-order valence-electron chi connectivity index (χ0n) is 16.3. The van der Waals surface area contributed by atoms with E-state index in [1.54, 1.807) is 42.1 Å². The molecule has 0 aliphatic rings. The van der Waals surface area contributed by atoms with Crippen LogP contribution in [-0.4, -0.2) is 35.4 Å². The van der Waals surface area contributed by atoms with Crippen molar-refractivity contribution in [3.63, 3.8) is 0 Å². The summed E-state index contributed by atoms with van der Waals surface area (Å²) in [4.78, 5) is 26.9. The number of nitro benzene ring substituents is 1. The molecule has 0 unspecified atom stereocenters. The molecular weight excluding hydrogens is 405 g/mol. The Bertz CT molecular complexity index is 1270. The van der Waals surface area contributed by atoms with Crippen LogP contribution in [0, 0.1) is 22.9 Å². The van der Waals surface area contributed by atoms with Crippen LogP contribution in [0.1, 0.15) is 21.7 Å². The molecular formula is C20H16FN7O3. The molecule has 2 aromatic heterocycles. The predicted octanol–water partition coefficient (Wildman–Crippen LogP) is 2.74. The Hall–Kier alpha value is -4.41. The van der Waals surface area contributed by atoms with Crippen LogP contribution in [0.3, 0.4) is 0 Å². The second-order valence-electron chi connectivity index (χ2n) is 6.65. The van der Waals surface area contributed by atoms with Gasteiger partial charge in [0.2, 0.25) is 0 Å². The monoisotopic (exact) mass is 421 g/mol. The Morgan fingerprint density at radius 1 is 1.26 bits per heavy atom. The van der Waals surface area contributed by atoms with Gasteiger partial charge in [0.05, 0.1) is 28.3 Å². The van der Waals surface area contributed by atoms with E-state index in [0.29, 0.717) is 22.6 Å². The molecule has 4 aromatic rings. The lowest BCUT2D eigenvalue weighted by atomic mass is 10.2. The third-order valence-corrected chi connectivity index (χ3v) is 4.64. The molecule has 10 nitrogen and oxygen atoms in total. The molecule has 0 aliphatic carbocycles. The van der Waals surface area contributed by atoms with Crippen LogP contribution in [0.5, 0.6) is 0 Å². The molecule has 11 heteroatoms. The molecule has 0 radical (unpaired) electrons. The highest BCUT2D eigenvalue weighted by Gasteiger charge is 2.18. The fraction of sp³-hybridized carbons (Fsp3) is 0.100. The minimum Gasteiger partial charge on any atom is -0.347 e. The predicted molar refractivity (Wildman–Crippen MR) is 107 cm³/mol. The van der Waals surface area contributed by atoms with Crippen molar-refractivity contribution in [1.82, 2.24) is 29.9 Å². The van der Waals surface area contributed by atoms with E-state index in [9.17, 15) is 19.3 Å². The molecule has 2 aromatic carbocycles. The summed E-state index contributed by atoms with van der Waals surface area (Å²) in [7, 11) is 0. The van der Waals surface area contributed by atoms with Crippen LogP contribution in [-0.2, 0) is 6.54 Å². The lowest BCUT2D eigenvalue weighted by Crippen LogP contribution is -2.24. The summed E-state index contributed by atoms with van der Waals surface area (Å²) in [5.41, 5.74) is 1.72. The number of hydrogen-bond donors (Lipinski definition) is 1. The van der Waals surface area contributed by atoms with E-state index in [1.165, 1.54) is 35.3 Å². The second kappa shape index (κ2) is 8.14. The molecule has 1 N–H and O–H groups in total. The van der Waals surface area contributed by atoms with Gasteiger partial charge in [0.15, 0.2) is 5.69 Å². The van der Waals surface area contributed by atoms with E-state index >= 15 is 0 Å². The average molecular weight is 421 g/mol. The summed E-state index contributed by atoms with van der Waals surface area (Å²) < 4.78 is 17.3. The Balaban J connectivity index is 1.48. The summed E-state index contributed by atoms with van der Waals surface area (Å²) >= 11 is 0. The lowest BCUT2D eigenvalue weighted by Gasteiger charge is -2.08. The number of aromatic nitrogens is 5. The Labute approximate surface area is 175 Å². The lowest BCUT2D eigenvalue weighted by molar-refractivity contribution is -0.384. The number of halogens is 1. The molecule has 2 heterocycles. The Morgan fingerprint density at radius 2 is 2.10 bits per heavy atom. The number of carbonyl (C=O) groups excluding carboxylic acids is 1. The van der Waals surface area contributed by atoms with Crippen molar-refractivity contribution < 1.29 is 14.1 Å². The molecule has 31 heavy (non-hydrogen) atoms. The third-order valence-electron chi connectivity index (χ3n) is 4.64. The number of non-ortho nitro benzene ring substituents is 1. The van der Waals surface area contributed by atoms with Gasteiger partial charge in [0.25, 0.3) is 11.6 Å². The number of carbonyl (C=O) groups is 1. The topological polar surface area (TPSA) is 121 Å². The normalized spacial score (nSPS) is 10.8. The first-order valence-electron chi connectivity index (χ1n) is 9.16. The van der Waals surface area contributed by atoms with E-state index in [-0.39, 0.29) is 17.9 Å². The van der Waals surface area contributed by atoms with Gasteiger partial charge >= 0.3 is 0 Å². The van der Waals surface area contributed by atoms with E-state index in [1.807, 2.05) is 0 Å². The van der Waals surface area contributed by atoms with Gasteiger partial charge in [0, 0.05) is 31.1 Å².